The molecule has 1 rings (SSSR count). The molecule has 90 valence electrons. The smallest absolute Gasteiger partial charge is 0.229 e. The van der Waals surface area contributed by atoms with E-state index in [4.69, 9.17) is 4.74 Å². The normalized spacial score (nSPS) is 10.9. The fourth-order valence-electron chi connectivity index (χ4n) is 1.29. The van der Waals surface area contributed by atoms with Crippen molar-refractivity contribution in [3.05, 3.63) is 18.2 Å². The summed E-state index contributed by atoms with van der Waals surface area (Å²) in [5.74, 6) is 0.490. The summed E-state index contributed by atoms with van der Waals surface area (Å²) in [6.07, 6.45) is 1.10. The van der Waals surface area contributed by atoms with Gasteiger partial charge in [0.2, 0.25) is 10.0 Å². The SMILES string of the molecule is CCNc1ccc(NS(C)(=O)=O)c(OC)c1. The van der Waals surface area contributed by atoms with Gasteiger partial charge in [0, 0.05) is 18.3 Å². The summed E-state index contributed by atoms with van der Waals surface area (Å²) in [6, 6.07) is 5.20. The van der Waals surface area contributed by atoms with Crippen molar-refractivity contribution in [3.8, 4) is 5.75 Å². The van der Waals surface area contributed by atoms with Gasteiger partial charge in [-0.25, -0.2) is 8.42 Å². The Kier molecular flexibility index (Phi) is 4.00. The molecule has 1 aromatic carbocycles. The monoisotopic (exact) mass is 244 g/mol. The van der Waals surface area contributed by atoms with Crippen LogP contribution in [0.5, 0.6) is 5.75 Å². The molecule has 0 atom stereocenters. The Morgan fingerprint density at radius 3 is 2.56 bits per heavy atom. The molecule has 0 aliphatic carbocycles. The third-order valence-electron chi connectivity index (χ3n) is 1.88. The van der Waals surface area contributed by atoms with Crippen LogP contribution >= 0.6 is 0 Å². The largest absolute Gasteiger partial charge is 0.494 e. The van der Waals surface area contributed by atoms with Gasteiger partial charge in [-0.3, -0.25) is 4.72 Å². The molecule has 0 aromatic heterocycles. The van der Waals surface area contributed by atoms with Crippen LogP contribution < -0.4 is 14.8 Å². The molecule has 2 N–H and O–H groups in total. The van der Waals surface area contributed by atoms with Crippen LogP contribution in [0.4, 0.5) is 11.4 Å². The molecule has 0 fully saturated rings. The fraction of sp³-hybridized carbons (Fsp3) is 0.400. The zero-order valence-corrected chi connectivity index (χ0v) is 10.4. The fourth-order valence-corrected chi connectivity index (χ4v) is 1.86. The van der Waals surface area contributed by atoms with Crippen LogP contribution in [0, 0.1) is 0 Å². The number of benzene rings is 1. The lowest BCUT2D eigenvalue weighted by atomic mass is 10.2. The molecule has 0 saturated carbocycles. The number of nitrogens with one attached hydrogen (secondary N) is 2. The van der Waals surface area contributed by atoms with Crippen LogP contribution in [0.3, 0.4) is 0 Å². The van der Waals surface area contributed by atoms with Crippen molar-refractivity contribution in [1.29, 1.82) is 0 Å². The number of hydrogen-bond donors (Lipinski definition) is 2. The lowest BCUT2D eigenvalue weighted by Crippen LogP contribution is -2.10. The minimum absolute atomic E-state index is 0.437. The highest BCUT2D eigenvalue weighted by atomic mass is 32.2. The molecule has 0 bridgehead atoms. The molecule has 0 saturated heterocycles. The van der Waals surface area contributed by atoms with Crippen LogP contribution in [0.1, 0.15) is 6.92 Å². The van der Waals surface area contributed by atoms with E-state index in [2.05, 4.69) is 10.0 Å². The molecule has 0 aliphatic heterocycles. The average Bonchev–Trinajstić information content (AvgIpc) is 2.18. The topological polar surface area (TPSA) is 67.4 Å². The van der Waals surface area contributed by atoms with Crippen molar-refractivity contribution in [3.63, 3.8) is 0 Å². The van der Waals surface area contributed by atoms with E-state index in [0.717, 1.165) is 18.5 Å². The molecule has 0 radical (unpaired) electrons. The predicted molar refractivity (Wildman–Crippen MR) is 65.6 cm³/mol. The van der Waals surface area contributed by atoms with Crippen molar-refractivity contribution >= 4 is 21.4 Å². The molecule has 0 aliphatic rings. The van der Waals surface area contributed by atoms with Crippen LogP contribution in [0.25, 0.3) is 0 Å². The predicted octanol–water partition coefficient (Wildman–Crippen LogP) is 1.50. The lowest BCUT2D eigenvalue weighted by Gasteiger charge is -2.11. The molecular formula is C10H16N2O3S. The first-order valence-corrected chi connectivity index (χ1v) is 6.75. The molecule has 6 heteroatoms. The number of rotatable bonds is 5. The maximum atomic E-state index is 11.1. The van der Waals surface area contributed by atoms with E-state index < -0.39 is 10.0 Å². The summed E-state index contributed by atoms with van der Waals surface area (Å²) in [7, 11) is -1.79. The minimum atomic E-state index is -3.29. The molecular weight excluding hydrogens is 228 g/mol. The summed E-state index contributed by atoms with van der Waals surface area (Å²) in [4.78, 5) is 0. The van der Waals surface area contributed by atoms with E-state index in [9.17, 15) is 8.42 Å². The van der Waals surface area contributed by atoms with Crippen LogP contribution in [-0.2, 0) is 10.0 Å². The summed E-state index contributed by atoms with van der Waals surface area (Å²) in [5, 5.41) is 3.12. The Hall–Kier alpha value is -1.43. The zero-order chi connectivity index (χ0) is 12.2. The number of hydrogen-bond acceptors (Lipinski definition) is 4. The number of anilines is 2. The zero-order valence-electron chi connectivity index (χ0n) is 9.57. The average molecular weight is 244 g/mol. The first kappa shape index (κ1) is 12.6. The number of sulfonamides is 1. The van der Waals surface area contributed by atoms with Crippen LogP contribution in [-0.4, -0.2) is 28.3 Å². The van der Waals surface area contributed by atoms with E-state index in [-0.39, 0.29) is 0 Å². The van der Waals surface area contributed by atoms with Gasteiger partial charge in [-0.15, -0.1) is 0 Å². The summed E-state index contributed by atoms with van der Waals surface area (Å²) in [6.45, 7) is 2.77. The minimum Gasteiger partial charge on any atom is -0.494 e. The molecule has 0 unspecified atom stereocenters. The molecule has 0 amide bonds. The molecule has 5 nitrogen and oxygen atoms in total. The van der Waals surface area contributed by atoms with Gasteiger partial charge < -0.3 is 10.1 Å². The van der Waals surface area contributed by atoms with Gasteiger partial charge in [-0.1, -0.05) is 0 Å². The Labute approximate surface area is 95.9 Å². The Balaban J connectivity index is 3.02. The van der Waals surface area contributed by atoms with Gasteiger partial charge in [0.05, 0.1) is 19.1 Å². The molecule has 0 heterocycles. The second-order valence-electron chi connectivity index (χ2n) is 3.32. The first-order valence-electron chi connectivity index (χ1n) is 4.86. The summed E-state index contributed by atoms with van der Waals surface area (Å²) in [5.41, 5.74) is 1.32. The van der Waals surface area contributed by atoms with E-state index in [1.54, 1.807) is 18.2 Å². The third-order valence-corrected chi connectivity index (χ3v) is 2.47. The van der Waals surface area contributed by atoms with E-state index in [0.29, 0.717) is 11.4 Å². The molecule has 16 heavy (non-hydrogen) atoms. The lowest BCUT2D eigenvalue weighted by molar-refractivity contribution is 0.417. The highest BCUT2D eigenvalue weighted by Gasteiger charge is 2.08. The van der Waals surface area contributed by atoms with E-state index in [1.807, 2.05) is 6.92 Å². The van der Waals surface area contributed by atoms with Gasteiger partial charge in [0.15, 0.2) is 0 Å². The highest BCUT2D eigenvalue weighted by Crippen LogP contribution is 2.28. The Morgan fingerprint density at radius 2 is 2.06 bits per heavy atom. The van der Waals surface area contributed by atoms with Gasteiger partial charge in [0.1, 0.15) is 5.75 Å². The molecule has 1 aromatic rings. The summed E-state index contributed by atoms with van der Waals surface area (Å²) >= 11 is 0. The van der Waals surface area contributed by atoms with Gasteiger partial charge in [0.25, 0.3) is 0 Å². The molecule has 0 spiro atoms. The van der Waals surface area contributed by atoms with Crippen molar-refractivity contribution in [2.45, 2.75) is 6.92 Å². The Morgan fingerprint density at radius 1 is 1.38 bits per heavy atom. The first-order chi connectivity index (χ1) is 7.46. The maximum absolute atomic E-state index is 11.1. The number of ether oxygens (including phenoxy) is 1. The second-order valence-corrected chi connectivity index (χ2v) is 5.07. The quantitative estimate of drug-likeness (QED) is 0.823. The van der Waals surface area contributed by atoms with Crippen molar-refractivity contribution < 1.29 is 13.2 Å². The summed E-state index contributed by atoms with van der Waals surface area (Å²) < 4.78 is 29.7. The van der Waals surface area contributed by atoms with Crippen LogP contribution in [0.15, 0.2) is 18.2 Å². The van der Waals surface area contributed by atoms with Crippen molar-refractivity contribution in [1.82, 2.24) is 0 Å². The highest BCUT2D eigenvalue weighted by molar-refractivity contribution is 7.92. The van der Waals surface area contributed by atoms with E-state index in [1.165, 1.54) is 7.11 Å². The maximum Gasteiger partial charge on any atom is 0.229 e. The van der Waals surface area contributed by atoms with Crippen LogP contribution in [0.2, 0.25) is 0 Å². The second kappa shape index (κ2) is 5.07. The van der Waals surface area contributed by atoms with Crippen molar-refractivity contribution in [2.24, 2.45) is 0 Å². The van der Waals surface area contributed by atoms with E-state index >= 15 is 0 Å². The van der Waals surface area contributed by atoms with Gasteiger partial charge in [-0.05, 0) is 19.1 Å². The number of methoxy groups -OCH3 is 1. The Bertz CT molecular complexity index is 457. The van der Waals surface area contributed by atoms with Crippen molar-refractivity contribution in [2.75, 3.05) is 29.9 Å². The van der Waals surface area contributed by atoms with Gasteiger partial charge in [-0.2, -0.15) is 0 Å². The van der Waals surface area contributed by atoms with Gasteiger partial charge >= 0.3 is 0 Å². The standard InChI is InChI=1S/C10H16N2O3S/c1-4-11-8-5-6-9(10(7-8)15-2)12-16(3,13)14/h5-7,11-12H,4H2,1-3H3. The third kappa shape index (κ3) is 3.62.